The first-order valence-corrected chi connectivity index (χ1v) is 9.62. The first kappa shape index (κ1) is 18.6. The zero-order valence-corrected chi connectivity index (χ0v) is 16.8. The van der Waals surface area contributed by atoms with Gasteiger partial charge in [0.2, 0.25) is 5.91 Å². The molecule has 0 aliphatic heterocycles. The Bertz CT molecular complexity index is 987. The van der Waals surface area contributed by atoms with Gasteiger partial charge in [0.1, 0.15) is 5.15 Å². The normalized spacial score (nSPS) is 11.8. The number of halogens is 1. The van der Waals surface area contributed by atoms with Crippen LogP contribution in [0, 0.1) is 19.8 Å². The van der Waals surface area contributed by atoms with E-state index in [4.69, 9.17) is 11.6 Å². The van der Waals surface area contributed by atoms with Crippen LogP contribution in [-0.4, -0.2) is 20.7 Å². The zero-order valence-electron chi connectivity index (χ0n) is 15.2. The molecule has 0 saturated heterocycles. The maximum absolute atomic E-state index is 12.2. The smallest absolute Gasteiger partial charge is 0.250 e. The molecule has 0 aliphatic rings. The van der Waals surface area contributed by atoms with Crippen molar-refractivity contribution in [2.24, 2.45) is 5.92 Å². The summed E-state index contributed by atoms with van der Waals surface area (Å²) in [6.45, 7) is 8.87. The molecule has 0 bridgehead atoms. The van der Waals surface area contributed by atoms with Gasteiger partial charge in [0.15, 0.2) is 5.13 Å². The molecule has 7 heteroatoms. The van der Waals surface area contributed by atoms with Crippen LogP contribution in [0.3, 0.4) is 0 Å². The van der Waals surface area contributed by atoms with Gasteiger partial charge in [-0.25, -0.2) is 4.98 Å². The summed E-state index contributed by atoms with van der Waals surface area (Å²) >= 11 is 7.85. The first-order chi connectivity index (χ1) is 12.3. The van der Waals surface area contributed by atoms with Crippen molar-refractivity contribution in [3.05, 3.63) is 46.2 Å². The number of nitrogens with zero attached hydrogens (tertiary/aromatic N) is 3. The molecule has 3 rings (SSSR count). The van der Waals surface area contributed by atoms with Crippen LogP contribution in [-0.2, 0) is 11.3 Å². The van der Waals surface area contributed by atoms with E-state index in [1.54, 1.807) is 10.8 Å². The first-order valence-electron chi connectivity index (χ1n) is 8.42. The van der Waals surface area contributed by atoms with Gasteiger partial charge in [-0.1, -0.05) is 42.9 Å². The molecule has 0 atom stereocenters. The molecule has 1 N–H and O–H groups in total. The predicted molar refractivity (Wildman–Crippen MR) is 109 cm³/mol. The maximum atomic E-state index is 12.2. The number of aromatic nitrogens is 3. The molecule has 26 heavy (non-hydrogen) atoms. The Balaban J connectivity index is 1.74. The Hall–Kier alpha value is -2.18. The fraction of sp³-hybridized carbons (Fsp3) is 0.316. The number of carbonyl (C=O) groups excluding carboxylic acids is 1. The Morgan fingerprint density at radius 1 is 1.38 bits per heavy atom. The SMILES string of the molecule is Cc1ccc2nc(NC(=O)/C=C/c3c(C)nn(CC(C)C)c3Cl)sc2c1. The highest BCUT2D eigenvalue weighted by Gasteiger charge is 2.12. The van der Waals surface area contributed by atoms with Gasteiger partial charge in [-0.2, -0.15) is 5.10 Å². The molecule has 1 aromatic carbocycles. The Kier molecular flexibility index (Phi) is 5.44. The van der Waals surface area contributed by atoms with Crippen molar-refractivity contribution in [2.45, 2.75) is 34.2 Å². The minimum Gasteiger partial charge on any atom is -0.298 e. The molecule has 0 aliphatic carbocycles. The second-order valence-corrected chi connectivity index (χ2v) is 8.07. The van der Waals surface area contributed by atoms with E-state index in [0.29, 0.717) is 16.2 Å². The van der Waals surface area contributed by atoms with Crippen LogP contribution < -0.4 is 5.32 Å². The van der Waals surface area contributed by atoms with Crippen molar-refractivity contribution in [2.75, 3.05) is 5.32 Å². The predicted octanol–water partition coefficient (Wildman–Crippen LogP) is 5.07. The van der Waals surface area contributed by atoms with E-state index in [-0.39, 0.29) is 5.91 Å². The molecule has 2 heterocycles. The summed E-state index contributed by atoms with van der Waals surface area (Å²) in [5, 5.41) is 8.38. The highest BCUT2D eigenvalue weighted by atomic mass is 35.5. The van der Waals surface area contributed by atoms with Crippen LogP contribution in [0.4, 0.5) is 5.13 Å². The second kappa shape index (κ2) is 7.60. The van der Waals surface area contributed by atoms with Gasteiger partial charge in [-0.05, 0) is 43.5 Å². The van der Waals surface area contributed by atoms with E-state index >= 15 is 0 Å². The van der Waals surface area contributed by atoms with Crippen molar-refractivity contribution in [1.29, 1.82) is 0 Å². The third-order valence-corrected chi connectivity index (χ3v) is 5.16. The van der Waals surface area contributed by atoms with E-state index in [2.05, 4.69) is 35.3 Å². The summed E-state index contributed by atoms with van der Waals surface area (Å²) in [6, 6.07) is 6.02. The third kappa shape index (κ3) is 4.14. The van der Waals surface area contributed by atoms with Crippen molar-refractivity contribution in [3.63, 3.8) is 0 Å². The monoisotopic (exact) mass is 388 g/mol. The van der Waals surface area contributed by atoms with Crippen LogP contribution in [0.5, 0.6) is 0 Å². The minimum atomic E-state index is -0.243. The number of benzene rings is 1. The molecule has 0 spiro atoms. The van der Waals surface area contributed by atoms with E-state index in [9.17, 15) is 4.79 Å². The largest absolute Gasteiger partial charge is 0.298 e. The zero-order chi connectivity index (χ0) is 18.8. The van der Waals surface area contributed by atoms with Crippen molar-refractivity contribution in [1.82, 2.24) is 14.8 Å². The molecule has 2 aromatic heterocycles. The van der Waals surface area contributed by atoms with Crippen LogP contribution in [0.1, 0.15) is 30.7 Å². The molecule has 1 amide bonds. The average Bonchev–Trinajstić information content (AvgIpc) is 3.05. The van der Waals surface area contributed by atoms with E-state index in [0.717, 1.165) is 28.0 Å². The van der Waals surface area contributed by atoms with Crippen molar-refractivity contribution >= 4 is 50.3 Å². The van der Waals surface area contributed by atoms with Gasteiger partial charge in [0.25, 0.3) is 0 Å². The lowest BCUT2D eigenvalue weighted by atomic mass is 10.2. The number of anilines is 1. The second-order valence-electron chi connectivity index (χ2n) is 6.68. The minimum absolute atomic E-state index is 0.243. The number of hydrogen-bond donors (Lipinski definition) is 1. The lowest BCUT2D eigenvalue weighted by Crippen LogP contribution is -2.07. The number of carbonyl (C=O) groups is 1. The summed E-state index contributed by atoms with van der Waals surface area (Å²) in [5.41, 5.74) is 3.62. The van der Waals surface area contributed by atoms with Gasteiger partial charge < -0.3 is 0 Å². The number of rotatable bonds is 5. The topological polar surface area (TPSA) is 59.8 Å². The number of aryl methyl sites for hydroxylation is 2. The van der Waals surface area contributed by atoms with Crippen molar-refractivity contribution < 1.29 is 4.79 Å². The highest BCUT2D eigenvalue weighted by molar-refractivity contribution is 7.22. The average molecular weight is 389 g/mol. The van der Waals surface area contributed by atoms with Crippen LogP contribution in [0.15, 0.2) is 24.3 Å². The molecule has 3 aromatic rings. The quantitative estimate of drug-likeness (QED) is 0.620. The number of nitrogens with one attached hydrogen (secondary N) is 1. The molecule has 0 fully saturated rings. The number of fused-ring (bicyclic) bond motifs is 1. The molecule has 5 nitrogen and oxygen atoms in total. The number of amides is 1. The molecule has 0 radical (unpaired) electrons. The summed E-state index contributed by atoms with van der Waals surface area (Å²) < 4.78 is 2.83. The fourth-order valence-electron chi connectivity index (χ4n) is 2.61. The number of hydrogen-bond acceptors (Lipinski definition) is 4. The number of thiazole rings is 1. The van der Waals surface area contributed by atoms with Gasteiger partial charge in [-0.15, -0.1) is 0 Å². The van der Waals surface area contributed by atoms with Crippen molar-refractivity contribution in [3.8, 4) is 0 Å². The Morgan fingerprint density at radius 2 is 2.15 bits per heavy atom. The van der Waals surface area contributed by atoms with E-state index in [1.165, 1.54) is 23.0 Å². The summed E-state index contributed by atoms with van der Waals surface area (Å²) in [6.07, 6.45) is 3.17. The van der Waals surface area contributed by atoms with Crippen LogP contribution in [0.25, 0.3) is 16.3 Å². The molecule has 136 valence electrons. The maximum Gasteiger partial charge on any atom is 0.250 e. The van der Waals surface area contributed by atoms with Gasteiger partial charge in [0, 0.05) is 18.2 Å². The Morgan fingerprint density at radius 3 is 2.88 bits per heavy atom. The molecular formula is C19H21ClN4OS. The lowest BCUT2D eigenvalue weighted by molar-refractivity contribution is -0.111. The molecule has 0 unspecified atom stereocenters. The van der Waals surface area contributed by atoms with E-state index in [1.807, 2.05) is 26.0 Å². The summed E-state index contributed by atoms with van der Waals surface area (Å²) in [4.78, 5) is 16.7. The standard InChI is InChI=1S/C19H21ClN4OS/c1-11(2)10-24-18(20)14(13(4)23-24)6-8-17(25)22-19-21-15-7-5-12(3)9-16(15)26-19/h5-9,11H,10H2,1-4H3,(H,21,22,25)/b8-6+. The highest BCUT2D eigenvalue weighted by Crippen LogP contribution is 2.27. The summed E-state index contributed by atoms with van der Waals surface area (Å²) in [5.74, 6) is 0.197. The van der Waals surface area contributed by atoms with Crippen LogP contribution >= 0.6 is 22.9 Å². The Labute approximate surface area is 161 Å². The lowest BCUT2D eigenvalue weighted by Gasteiger charge is -2.05. The van der Waals surface area contributed by atoms with E-state index < -0.39 is 0 Å². The summed E-state index contributed by atoms with van der Waals surface area (Å²) in [7, 11) is 0. The van der Waals surface area contributed by atoms with Crippen LogP contribution in [0.2, 0.25) is 5.15 Å². The van der Waals surface area contributed by atoms with Gasteiger partial charge in [0.05, 0.1) is 15.9 Å². The molecule has 0 saturated carbocycles. The molecular weight excluding hydrogens is 368 g/mol. The fourth-order valence-corrected chi connectivity index (χ4v) is 3.89. The van der Waals surface area contributed by atoms with Gasteiger partial charge in [-0.3, -0.25) is 14.8 Å². The third-order valence-electron chi connectivity index (χ3n) is 3.82. The van der Waals surface area contributed by atoms with Gasteiger partial charge >= 0.3 is 0 Å².